The van der Waals surface area contributed by atoms with Gasteiger partial charge in [0.2, 0.25) is 0 Å². The van der Waals surface area contributed by atoms with Crippen LogP contribution < -0.4 is 10.6 Å². The summed E-state index contributed by atoms with van der Waals surface area (Å²) in [5.41, 5.74) is 4.95. The van der Waals surface area contributed by atoms with Gasteiger partial charge in [0.1, 0.15) is 0 Å². The molecular formula is C21H28N2S. The number of hydrogen-bond acceptors (Lipinski definition) is 1. The highest BCUT2D eigenvalue weighted by atomic mass is 32.1. The lowest BCUT2D eigenvalue weighted by atomic mass is 9.79. The average molecular weight is 341 g/mol. The van der Waals surface area contributed by atoms with Crippen molar-refractivity contribution in [3.63, 3.8) is 0 Å². The van der Waals surface area contributed by atoms with Gasteiger partial charge in [-0.05, 0) is 67.6 Å². The van der Waals surface area contributed by atoms with Crippen molar-refractivity contribution in [3.8, 4) is 0 Å². The first-order valence-electron chi connectivity index (χ1n) is 8.48. The Balaban J connectivity index is 1.95. The molecule has 0 heterocycles. The van der Waals surface area contributed by atoms with E-state index in [0.717, 1.165) is 12.1 Å². The molecule has 0 spiro atoms. The quantitative estimate of drug-likeness (QED) is 0.718. The van der Waals surface area contributed by atoms with Gasteiger partial charge in [0.15, 0.2) is 5.11 Å². The number of hydrogen-bond donors (Lipinski definition) is 2. The summed E-state index contributed by atoms with van der Waals surface area (Å²) in [5, 5.41) is 7.43. The first-order chi connectivity index (χ1) is 11.3. The van der Waals surface area contributed by atoms with Gasteiger partial charge in [0.25, 0.3) is 0 Å². The van der Waals surface area contributed by atoms with Gasteiger partial charge < -0.3 is 10.6 Å². The highest BCUT2D eigenvalue weighted by molar-refractivity contribution is 7.80. The number of anilines is 1. The molecule has 1 atom stereocenters. The number of thiocarbonyl (C=S) groups is 1. The molecule has 0 fully saturated rings. The first-order valence-corrected chi connectivity index (χ1v) is 8.89. The summed E-state index contributed by atoms with van der Waals surface area (Å²) in [7, 11) is 0. The summed E-state index contributed by atoms with van der Waals surface area (Å²) in [6.45, 7) is 10.9. The number of nitrogens with one attached hydrogen (secondary N) is 2. The van der Waals surface area contributed by atoms with E-state index in [1.807, 2.05) is 0 Å². The molecule has 2 aromatic carbocycles. The molecule has 0 saturated carbocycles. The van der Waals surface area contributed by atoms with Gasteiger partial charge in [-0.15, -0.1) is 0 Å². The first kappa shape index (κ1) is 18.5. The molecule has 0 aliphatic heterocycles. The third kappa shape index (κ3) is 5.07. The molecule has 2 N–H and O–H groups in total. The third-order valence-electron chi connectivity index (χ3n) is 4.39. The van der Waals surface area contributed by atoms with Crippen LogP contribution in [0.25, 0.3) is 0 Å². The van der Waals surface area contributed by atoms with Crippen LogP contribution in [-0.2, 0) is 5.41 Å². The summed E-state index contributed by atoms with van der Waals surface area (Å²) in [5.74, 6) is 0. The molecule has 0 aliphatic carbocycles. The van der Waals surface area contributed by atoms with Gasteiger partial charge in [-0.25, -0.2) is 0 Å². The minimum absolute atomic E-state index is 0.0997. The molecule has 128 valence electrons. The molecule has 0 saturated heterocycles. The van der Waals surface area contributed by atoms with E-state index in [4.69, 9.17) is 12.2 Å². The largest absolute Gasteiger partial charge is 0.360 e. The maximum Gasteiger partial charge on any atom is 0.170 e. The zero-order valence-electron chi connectivity index (χ0n) is 15.3. The van der Waals surface area contributed by atoms with Gasteiger partial charge in [-0.1, -0.05) is 56.3 Å². The molecule has 24 heavy (non-hydrogen) atoms. The van der Waals surface area contributed by atoms with E-state index in [9.17, 15) is 0 Å². The monoisotopic (exact) mass is 340 g/mol. The fourth-order valence-corrected chi connectivity index (χ4v) is 3.39. The zero-order valence-corrected chi connectivity index (χ0v) is 16.1. The second-order valence-corrected chi connectivity index (χ2v) is 7.68. The number of rotatable bonds is 5. The van der Waals surface area contributed by atoms with E-state index in [0.29, 0.717) is 5.11 Å². The molecule has 2 aromatic rings. The molecule has 2 rings (SSSR count). The fourth-order valence-electron chi connectivity index (χ4n) is 3.08. The van der Waals surface area contributed by atoms with Crippen LogP contribution in [0.3, 0.4) is 0 Å². The van der Waals surface area contributed by atoms with Crippen molar-refractivity contribution < 1.29 is 0 Å². The maximum absolute atomic E-state index is 5.50. The van der Waals surface area contributed by atoms with E-state index < -0.39 is 0 Å². The number of aryl methyl sites for hydroxylation is 2. The molecule has 3 heteroatoms. The van der Waals surface area contributed by atoms with E-state index in [1.54, 1.807) is 0 Å². The predicted octanol–water partition coefficient (Wildman–Crippen LogP) is 5.35. The van der Waals surface area contributed by atoms with Crippen molar-refractivity contribution in [2.45, 2.75) is 52.5 Å². The van der Waals surface area contributed by atoms with E-state index in [1.165, 1.54) is 16.7 Å². The van der Waals surface area contributed by atoms with Crippen LogP contribution in [0.15, 0.2) is 48.5 Å². The Hall–Kier alpha value is -1.87. The normalized spacial score (nSPS) is 12.5. The van der Waals surface area contributed by atoms with Crippen molar-refractivity contribution in [3.05, 3.63) is 65.2 Å². The maximum atomic E-state index is 5.50. The fraction of sp³-hybridized carbons (Fsp3) is 0.381. The van der Waals surface area contributed by atoms with Crippen molar-refractivity contribution in [2.24, 2.45) is 0 Å². The summed E-state index contributed by atoms with van der Waals surface area (Å²) in [6.07, 6.45) is 1.01. The van der Waals surface area contributed by atoms with Crippen molar-refractivity contribution in [2.75, 3.05) is 5.32 Å². The van der Waals surface area contributed by atoms with E-state index >= 15 is 0 Å². The Morgan fingerprint density at radius 3 is 2.42 bits per heavy atom. The van der Waals surface area contributed by atoms with E-state index in [2.05, 4.69) is 93.8 Å². The van der Waals surface area contributed by atoms with Crippen LogP contribution in [-0.4, -0.2) is 11.2 Å². The molecule has 0 unspecified atom stereocenters. The van der Waals surface area contributed by atoms with Gasteiger partial charge in [-0.2, -0.15) is 0 Å². The van der Waals surface area contributed by atoms with Crippen LogP contribution in [0.1, 0.15) is 43.9 Å². The predicted molar refractivity (Wildman–Crippen MR) is 109 cm³/mol. The Labute approximate surface area is 151 Å². The topological polar surface area (TPSA) is 24.1 Å². The lowest BCUT2D eigenvalue weighted by molar-refractivity contribution is 0.420. The Kier molecular flexibility index (Phi) is 6.00. The van der Waals surface area contributed by atoms with Crippen molar-refractivity contribution >= 4 is 23.0 Å². The second kappa shape index (κ2) is 7.80. The zero-order chi connectivity index (χ0) is 17.7. The van der Waals surface area contributed by atoms with Crippen molar-refractivity contribution in [1.29, 1.82) is 0 Å². The molecule has 0 amide bonds. The van der Waals surface area contributed by atoms with Crippen LogP contribution in [0, 0.1) is 13.8 Å². The Morgan fingerprint density at radius 2 is 1.75 bits per heavy atom. The summed E-state index contributed by atoms with van der Waals surface area (Å²) in [6, 6.07) is 17.3. The second-order valence-electron chi connectivity index (χ2n) is 7.27. The highest BCUT2D eigenvalue weighted by Gasteiger charge is 2.23. The lowest BCUT2D eigenvalue weighted by Crippen LogP contribution is -2.39. The molecular weight excluding hydrogens is 312 g/mol. The summed E-state index contributed by atoms with van der Waals surface area (Å²) in [4.78, 5) is 0. The molecule has 0 aromatic heterocycles. The lowest BCUT2D eigenvalue weighted by Gasteiger charge is -2.30. The molecule has 0 bridgehead atoms. The Bertz CT molecular complexity index is 692. The summed E-state index contributed by atoms with van der Waals surface area (Å²) >= 11 is 5.50. The van der Waals surface area contributed by atoms with Crippen LogP contribution in [0.2, 0.25) is 0 Å². The van der Waals surface area contributed by atoms with Crippen LogP contribution in [0.4, 0.5) is 5.69 Å². The molecule has 2 nitrogen and oxygen atoms in total. The summed E-state index contributed by atoms with van der Waals surface area (Å²) < 4.78 is 0. The third-order valence-corrected chi connectivity index (χ3v) is 4.61. The van der Waals surface area contributed by atoms with Crippen molar-refractivity contribution in [1.82, 2.24) is 5.32 Å². The van der Waals surface area contributed by atoms with Gasteiger partial charge >= 0.3 is 0 Å². The van der Waals surface area contributed by atoms with E-state index in [-0.39, 0.29) is 11.5 Å². The van der Waals surface area contributed by atoms with Gasteiger partial charge in [0, 0.05) is 11.7 Å². The van der Waals surface area contributed by atoms with Crippen LogP contribution >= 0.6 is 12.2 Å². The molecule has 0 radical (unpaired) electrons. The minimum atomic E-state index is 0.0997. The smallest absolute Gasteiger partial charge is 0.170 e. The van der Waals surface area contributed by atoms with Crippen LogP contribution in [0.5, 0.6) is 0 Å². The number of benzene rings is 2. The molecule has 0 aliphatic rings. The SMILES string of the molecule is Cc1ccc(C)c(NC(=S)N[C@@H](C)CC(C)(C)c2ccccc2)c1. The standard InChI is InChI=1S/C21H28N2S/c1-15-11-12-16(2)19(13-15)23-20(24)22-17(3)14-21(4,5)18-9-7-6-8-10-18/h6-13,17H,14H2,1-5H3,(H2,22,23,24)/t17-/m0/s1. The van der Waals surface area contributed by atoms with Gasteiger partial charge in [0.05, 0.1) is 0 Å². The minimum Gasteiger partial charge on any atom is -0.360 e. The average Bonchev–Trinajstić information content (AvgIpc) is 2.51. The Morgan fingerprint density at radius 1 is 1.08 bits per heavy atom. The highest BCUT2D eigenvalue weighted by Crippen LogP contribution is 2.28. The van der Waals surface area contributed by atoms with Gasteiger partial charge in [-0.3, -0.25) is 0 Å².